The van der Waals surface area contributed by atoms with E-state index in [1.165, 1.54) is 16.8 Å². The number of carbonyl (C=O) groups is 1. The minimum Gasteiger partial charge on any atom is -0.490 e. The van der Waals surface area contributed by atoms with Crippen LogP contribution in [-0.2, 0) is 17.8 Å². The molecule has 0 atom stereocenters. The van der Waals surface area contributed by atoms with Crippen LogP contribution in [0.2, 0.25) is 10.0 Å². The second-order valence-electron chi connectivity index (χ2n) is 7.95. The average molecular weight is 572 g/mol. The molecule has 2 aliphatic heterocycles. The molecule has 1 N–H and O–H groups in total. The van der Waals surface area contributed by atoms with Crippen LogP contribution in [-0.4, -0.2) is 33.6 Å². The normalized spacial score (nSPS) is 16.1. The number of carbonyl (C=O) groups excluding carboxylic acids is 1. The fourth-order valence-electron chi connectivity index (χ4n) is 3.62. The maximum absolute atomic E-state index is 12.8. The molecule has 37 heavy (non-hydrogen) atoms. The standard InChI is InChI=1S/C26H20Cl2N4O3S2/c1-2-34-22-12-15(6-8-21(22)35-14-16-5-7-19(27)20(28)11-16)10-18-24(29)32-26(30-25(18)33)37-23(31-32)13-17-4-3-9-36-17/h3-12,29H,2,13-14H2,1H3/b18-10-,29-24?. The number of thiophene rings is 1. The highest BCUT2D eigenvalue weighted by Gasteiger charge is 2.35. The molecule has 5 rings (SSSR count). The first kappa shape index (κ1) is 25.5. The lowest BCUT2D eigenvalue weighted by Gasteiger charge is -2.20. The third kappa shape index (κ3) is 5.75. The van der Waals surface area contributed by atoms with E-state index in [2.05, 4.69) is 10.1 Å². The molecule has 188 valence electrons. The summed E-state index contributed by atoms with van der Waals surface area (Å²) < 4.78 is 11.7. The second kappa shape index (κ2) is 11.1. The SMILES string of the molecule is CCOc1cc(/C=C2/C(=N)N3N=C(Cc4cccs4)SC3=NC2=O)ccc1OCc1ccc(Cl)c(Cl)c1. The third-order valence-corrected chi connectivity index (χ3v) is 7.88. The fraction of sp³-hybridized carbons (Fsp3) is 0.154. The highest BCUT2D eigenvalue weighted by Crippen LogP contribution is 2.33. The Kier molecular flexibility index (Phi) is 7.66. The zero-order valence-corrected chi connectivity index (χ0v) is 22.7. The number of hydrogen-bond acceptors (Lipinski definition) is 7. The van der Waals surface area contributed by atoms with Gasteiger partial charge in [0.15, 0.2) is 17.3 Å². The van der Waals surface area contributed by atoms with Gasteiger partial charge in [-0.1, -0.05) is 41.4 Å². The van der Waals surface area contributed by atoms with Crippen LogP contribution >= 0.6 is 46.3 Å². The molecule has 3 aromatic rings. The first-order chi connectivity index (χ1) is 17.9. The van der Waals surface area contributed by atoms with E-state index in [0.717, 1.165) is 15.5 Å². The van der Waals surface area contributed by atoms with Crippen molar-refractivity contribution in [2.45, 2.75) is 20.0 Å². The average Bonchev–Trinajstić information content (AvgIpc) is 3.53. The van der Waals surface area contributed by atoms with Gasteiger partial charge in [-0.05, 0) is 71.6 Å². The molecule has 2 aromatic carbocycles. The summed E-state index contributed by atoms with van der Waals surface area (Å²) in [4.78, 5) is 18.1. The summed E-state index contributed by atoms with van der Waals surface area (Å²) in [6, 6.07) is 14.7. The number of thioether (sulfide) groups is 1. The van der Waals surface area contributed by atoms with Crippen LogP contribution in [0, 0.1) is 5.41 Å². The zero-order valence-electron chi connectivity index (χ0n) is 19.5. The molecule has 0 bridgehead atoms. The summed E-state index contributed by atoms with van der Waals surface area (Å²) in [5, 5.41) is 18.7. The first-order valence-electron chi connectivity index (χ1n) is 11.3. The van der Waals surface area contributed by atoms with Gasteiger partial charge in [-0.3, -0.25) is 10.2 Å². The molecule has 0 saturated heterocycles. The molecular weight excluding hydrogens is 551 g/mol. The Labute approximate surface area is 231 Å². The van der Waals surface area contributed by atoms with Crippen molar-refractivity contribution in [3.63, 3.8) is 0 Å². The fourth-order valence-corrected chi connectivity index (χ4v) is 5.65. The molecule has 0 fully saturated rings. The summed E-state index contributed by atoms with van der Waals surface area (Å²) >= 11 is 15.0. The lowest BCUT2D eigenvalue weighted by Crippen LogP contribution is -2.35. The van der Waals surface area contributed by atoms with E-state index < -0.39 is 5.91 Å². The van der Waals surface area contributed by atoms with Crippen LogP contribution in [0.4, 0.5) is 0 Å². The van der Waals surface area contributed by atoms with Crippen LogP contribution in [0.3, 0.4) is 0 Å². The van der Waals surface area contributed by atoms with E-state index in [9.17, 15) is 4.79 Å². The van der Waals surface area contributed by atoms with Gasteiger partial charge in [-0.2, -0.15) is 15.1 Å². The molecule has 11 heteroatoms. The number of nitrogens with one attached hydrogen (secondary N) is 1. The van der Waals surface area contributed by atoms with E-state index in [1.54, 1.807) is 47.7 Å². The molecule has 0 spiro atoms. The van der Waals surface area contributed by atoms with E-state index in [-0.39, 0.29) is 18.0 Å². The number of amides is 1. The van der Waals surface area contributed by atoms with E-state index in [1.807, 2.05) is 30.5 Å². The molecule has 1 aromatic heterocycles. The van der Waals surface area contributed by atoms with Gasteiger partial charge < -0.3 is 9.47 Å². The Morgan fingerprint density at radius 2 is 1.95 bits per heavy atom. The maximum atomic E-state index is 12.8. The number of aliphatic imine (C=N–C) groups is 1. The number of hydrogen-bond donors (Lipinski definition) is 1. The third-order valence-electron chi connectivity index (χ3n) is 5.36. The van der Waals surface area contributed by atoms with Crippen molar-refractivity contribution in [2.75, 3.05) is 6.61 Å². The maximum Gasteiger partial charge on any atom is 0.283 e. The topological polar surface area (TPSA) is 87.3 Å². The minimum absolute atomic E-state index is 0.0124. The van der Waals surface area contributed by atoms with Crippen LogP contribution < -0.4 is 9.47 Å². The molecule has 0 aliphatic carbocycles. The van der Waals surface area contributed by atoms with Crippen molar-refractivity contribution in [2.24, 2.45) is 10.1 Å². The molecule has 0 radical (unpaired) electrons. The molecule has 3 heterocycles. The molecule has 0 unspecified atom stereocenters. The number of ether oxygens (including phenoxy) is 2. The predicted molar refractivity (Wildman–Crippen MR) is 151 cm³/mol. The number of hydrazone groups is 1. The van der Waals surface area contributed by atoms with E-state index in [4.69, 9.17) is 38.1 Å². The molecule has 2 aliphatic rings. The van der Waals surface area contributed by atoms with Gasteiger partial charge in [0.2, 0.25) is 5.17 Å². The van der Waals surface area contributed by atoms with Gasteiger partial charge in [0.05, 0.1) is 22.2 Å². The Hall–Kier alpha value is -3.11. The smallest absolute Gasteiger partial charge is 0.283 e. The number of rotatable bonds is 8. The van der Waals surface area contributed by atoms with Crippen LogP contribution in [0.1, 0.15) is 22.9 Å². The van der Waals surface area contributed by atoms with Gasteiger partial charge in [-0.25, -0.2) is 0 Å². The lowest BCUT2D eigenvalue weighted by atomic mass is 10.1. The summed E-state index contributed by atoms with van der Waals surface area (Å²) in [6.07, 6.45) is 2.26. The van der Waals surface area contributed by atoms with Crippen LogP contribution in [0.15, 0.2) is 69.6 Å². The van der Waals surface area contributed by atoms with Crippen molar-refractivity contribution >= 4 is 74.3 Å². The van der Waals surface area contributed by atoms with Crippen molar-refractivity contribution in [1.82, 2.24) is 5.01 Å². The minimum atomic E-state index is -0.478. The van der Waals surface area contributed by atoms with Gasteiger partial charge in [0, 0.05) is 11.3 Å². The van der Waals surface area contributed by atoms with Crippen molar-refractivity contribution in [3.8, 4) is 11.5 Å². The highest BCUT2D eigenvalue weighted by molar-refractivity contribution is 8.27. The zero-order chi connectivity index (χ0) is 25.9. The number of nitrogens with zero attached hydrogens (tertiary/aromatic N) is 3. The second-order valence-corrected chi connectivity index (χ2v) is 10.8. The summed E-state index contributed by atoms with van der Waals surface area (Å²) in [5.41, 5.74) is 1.68. The van der Waals surface area contributed by atoms with Crippen LogP contribution in [0.25, 0.3) is 6.08 Å². The number of fused-ring (bicyclic) bond motifs is 1. The highest BCUT2D eigenvalue weighted by atomic mass is 35.5. The van der Waals surface area contributed by atoms with Crippen LogP contribution in [0.5, 0.6) is 11.5 Å². The predicted octanol–water partition coefficient (Wildman–Crippen LogP) is 6.89. The lowest BCUT2D eigenvalue weighted by molar-refractivity contribution is -0.114. The summed E-state index contributed by atoms with van der Waals surface area (Å²) in [6.45, 7) is 2.58. The van der Waals surface area contributed by atoms with Gasteiger partial charge in [0.1, 0.15) is 11.7 Å². The van der Waals surface area contributed by atoms with Gasteiger partial charge in [0.25, 0.3) is 5.91 Å². The number of halogens is 2. The number of benzene rings is 2. The van der Waals surface area contributed by atoms with Crippen molar-refractivity contribution in [3.05, 3.63) is 85.5 Å². The molecule has 7 nitrogen and oxygen atoms in total. The molecule has 0 saturated carbocycles. The van der Waals surface area contributed by atoms with Crippen molar-refractivity contribution < 1.29 is 14.3 Å². The van der Waals surface area contributed by atoms with Gasteiger partial charge in [-0.15, -0.1) is 11.3 Å². The largest absolute Gasteiger partial charge is 0.490 e. The van der Waals surface area contributed by atoms with Crippen molar-refractivity contribution in [1.29, 1.82) is 5.41 Å². The summed E-state index contributed by atoms with van der Waals surface area (Å²) in [5.74, 6) is 0.568. The quantitative estimate of drug-likeness (QED) is 0.298. The Bertz CT molecular complexity index is 1470. The Morgan fingerprint density at radius 1 is 1.08 bits per heavy atom. The van der Waals surface area contributed by atoms with E-state index >= 15 is 0 Å². The Balaban J connectivity index is 1.35. The molecule has 1 amide bonds. The van der Waals surface area contributed by atoms with E-state index in [0.29, 0.717) is 45.3 Å². The first-order valence-corrected chi connectivity index (χ1v) is 13.7. The summed E-state index contributed by atoms with van der Waals surface area (Å²) in [7, 11) is 0. The number of amidine groups is 2. The molecular formula is C26H20Cl2N4O3S2. The van der Waals surface area contributed by atoms with Gasteiger partial charge >= 0.3 is 0 Å². The Morgan fingerprint density at radius 3 is 2.70 bits per heavy atom. The monoisotopic (exact) mass is 570 g/mol.